The number of carbonyl (C=O) groups excluding carboxylic acids is 3. The quantitative estimate of drug-likeness (QED) is 0.818. The number of nitrogens with one attached hydrogen (secondary N) is 2. The SMILES string of the molecule is CCCc1ccc(N2CC(C(=O)Nc3ccc4c(c3)NC(=O)CO4)CC2=O)cc1. The Kier molecular flexibility index (Phi) is 5.20. The molecule has 150 valence electrons. The van der Waals surface area contributed by atoms with Crippen LogP contribution in [0.1, 0.15) is 25.3 Å². The largest absolute Gasteiger partial charge is 0.482 e. The molecule has 2 aromatic carbocycles. The molecule has 0 spiro atoms. The second-order valence-corrected chi connectivity index (χ2v) is 7.36. The van der Waals surface area contributed by atoms with E-state index in [2.05, 4.69) is 17.6 Å². The second kappa shape index (κ2) is 7.95. The predicted octanol–water partition coefficient (Wildman–Crippen LogP) is 2.96. The molecule has 2 aliphatic rings. The van der Waals surface area contributed by atoms with Crippen molar-refractivity contribution in [2.75, 3.05) is 28.7 Å². The average Bonchev–Trinajstić information content (AvgIpc) is 3.10. The van der Waals surface area contributed by atoms with E-state index in [9.17, 15) is 14.4 Å². The highest BCUT2D eigenvalue weighted by atomic mass is 16.5. The number of hydrogen-bond donors (Lipinski definition) is 2. The summed E-state index contributed by atoms with van der Waals surface area (Å²) in [6.07, 6.45) is 2.25. The lowest BCUT2D eigenvalue weighted by Crippen LogP contribution is -2.28. The number of rotatable bonds is 5. The fourth-order valence-corrected chi connectivity index (χ4v) is 3.67. The molecule has 3 amide bonds. The number of ether oxygens (including phenoxy) is 1. The van der Waals surface area contributed by atoms with Gasteiger partial charge in [-0.1, -0.05) is 25.5 Å². The van der Waals surface area contributed by atoms with Gasteiger partial charge in [-0.25, -0.2) is 0 Å². The van der Waals surface area contributed by atoms with Crippen LogP contribution in [0.25, 0.3) is 0 Å². The first kappa shape index (κ1) is 19.0. The molecule has 0 saturated carbocycles. The maximum absolute atomic E-state index is 12.7. The number of aryl methyl sites for hydroxylation is 1. The van der Waals surface area contributed by atoms with Gasteiger partial charge in [0.15, 0.2) is 6.61 Å². The lowest BCUT2D eigenvalue weighted by Gasteiger charge is -2.19. The first-order chi connectivity index (χ1) is 14.0. The Morgan fingerprint density at radius 2 is 2.00 bits per heavy atom. The highest BCUT2D eigenvalue weighted by Crippen LogP contribution is 2.31. The Bertz CT molecular complexity index is 955. The lowest BCUT2D eigenvalue weighted by molar-refractivity contribution is -0.122. The monoisotopic (exact) mass is 393 g/mol. The summed E-state index contributed by atoms with van der Waals surface area (Å²) in [5, 5.41) is 5.56. The van der Waals surface area contributed by atoms with Crippen molar-refractivity contribution < 1.29 is 19.1 Å². The number of benzene rings is 2. The van der Waals surface area contributed by atoms with Crippen LogP contribution >= 0.6 is 0 Å². The van der Waals surface area contributed by atoms with Crippen LogP contribution < -0.4 is 20.3 Å². The third-order valence-electron chi connectivity index (χ3n) is 5.16. The van der Waals surface area contributed by atoms with Crippen LogP contribution in [-0.2, 0) is 20.8 Å². The molecular weight excluding hydrogens is 370 g/mol. The van der Waals surface area contributed by atoms with Crippen molar-refractivity contribution in [2.24, 2.45) is 5.92 Å². The van der Waals surface area contributed by atoms with Crippen LogP contribution in [-0.4, -0.2) is 30.9 Å². The molecule has 4 rings (SSSR count). The van der Waals surface area contributed by atoms with E-state index in [4.69, 9.17) is 4.74 Å². The zero-order valence-corrected chi connectivity index (χ0v) is 16.2. The first-order valence-electron chi connectivity index (χ1n) is 9.80. The molecule has 7 nitrogen and oxygen atoms in total. The average molecular weight is 393 g/mol. The minimum atomic E-state index is -0.431. The summed E-state index contributed by atoms with van der Waals surface area (Å²) in [6.45, 7) is 2.46. The van der Waals surface area contributed by atoms with Crippen molar-refractivity contribution in [3.63, 3.8) is 0 Å². The number of hydrogen-bond acceptors (Lipinski definition) is 4. The van der Waals surface area contributed by atoms with Gasteiger partial charge in [-0.3, -0.25) is 14.4 Å². The van der Waals surface area contributed by atoms with Gasteiger partial charge in [0, 0.05) is 24.3 Å². The molecule has 7 heteroatoms. The molecule has 0 aliphatic carbocycles. The van der Waals surface area contributed by atoms with E-state index in [0.717, 1.165) is 18.5 Å². The van der Waals surface area contributed by atoms with Gasteiger partial charge >= 0.3 is 0 Å². The molecule has 29 heavy (non-hydrogen) atoms. The normalized spacial score (nSPS) is 18.1. The Labute approximate surface area is 169 Å². The van der Waals surface area contributed by atoms with Crippen molar-refractivity contribution in [3.8, 4) is 5.75 Å². The fraction of sp³-hybridized carbons (Fsp3) is 0.318. The Balaban J connectivity index is 1.42. The molecule has 2 heterocycles. The first-order valence-corrected chi connectivity index (χ1v) is 9.80. The zero-order chi connectivity index (χ0) is 20.4. The van der Waals surface area contributed by atoms with Gasteiger partial charge in [0.25, 0.3) is 5.91 Å². The van der Waals surface area contributed by atoms with E-state index in [0.29, 0.717) is 23.7 Å². The zero-order valence-electron chi connectivity index (χ0n) is 16.2. The highest BCUT2D eigenvalue weighted by Gasteiger charge is 2.35. The van der Waals surface area contributed by atoms with Gasteiger partial charge in [0.1, 0.15) is 5.75 Å². The number of nitrogens with zero attached hydrogens (tertiary/aromatic N) is 1. The van der Waals surface area contributed by atoms with Crippen molar-refractivity contribution in [2.45, 2.75) is 26.2 Å². The molecule has 1 saturated heterocycles. The number of amides is 3. The number of fused-ring (bicyclic) bond motifs is 1. The van der Waals surface area contributed by atoms with E-state index in [-0.39, 0.29) is 30.7 Å². The molecule has 1 fully saturated rings. The smallest absolute Gasteiger partial charge is 0.262 e. The summed E-state index contributed by atoms with van der Waals surface area (Å²) < 4.78 is 5.32. The molecule has 1 atom stereocenters. The van der Waals surface area contributed by atoms with Crippen molar-refractivity contribution >= 4 is 34.8 Å². The topological polar surface area (TPSA) is 87.7 Å². The maximum atomic E-state index is 12.7. The van der Waals surface area contributed by atoms with Crippen LogP contribution in [0.4, 0.5) is 17.1 Å². The minimum absolute atomic E-state index is 0.0157. The summed E-state index contributed by atoms with van der Waals surface area (Å²) in [7, 11) is 0. The molecule has 0 bridgehead atoms. The van der Waals surface area contributed by atoms with E-state index in [1.807, 2.05) is 24.3 Å². The molecule has 2 aliphatic heterocycles. The molecule has 0 radical (unpaired) electrons. The van der Waals surface area contributed by atoms with Gasteiger partial charge in [-0.2, -0.15) is 0 Å². The summed E-state index contributed by atoms with van der Waals surface area (Å²) in [6, 6.07) is 13.0. The Morgan fingerprint density at radius 1 is 1.21 bits per heavy atom. The summed E-state index contributed by atoms with van der Waals surface area (Å²) in [4.78, 5) is 38.3. The van der Waals surface area contributed by atoms with Crippen LogP contribution in [0, 0.1) is 5.92 Å². The maximum Gasteiger partial charge on any atom is 0.262 e. The molecular formula is C22H23N3O4. The Morgan fingerprint density at radius 3 is 2.76 bits per heavy atom. The van der Waals surface area contributed by atoms with E-state index < -0.39 is 5.92 Å². The number of carbonyl (C=O) groups is 3. The highest BCUT2D eigenvalue weighted by molar-refractivity contribution is 6.04. The summed E-state index contributed by atoms with van der Waals surface area (Å²) in [5.41, 5.74) is 3.13. The van der Waals surface area contributed by atoms with Gasteiger partial charge in [0.05, 0.1) is 11.6 Å². The Hall–Kier alpha value is -3.35. The second-order valence-electron chi connectivity index (χ2n) is 7.36. The van der Waals surface area contributed by atoms with Crippen molar-refractivity contribution in [1.29, 1.82) is 0 Å². The van der Waals surface area contributed by atoms with Crippen molar-refractivity contribution in [1.82, 2.24) is 0 Å². The summed E-state index contributed by atoms with van der Waals surface area (Å²) >= 11 is 0. The molecule has 0 aromatic heterocycles. The molecule has 2 aromatic rings. The predicted molar refractivity (Wildman–Crippen MR) is 110 cm³/mol. The van der Waals surface area contributed by atoms with Crippen LogP contribution in [0.15, 0.2) is 42.5 Å². The number of anilines is 3. The minimum Gasteiger partial charge on any atom is -0.482 e. The standard InChI is InChI=1S/C22H23N3O4/c1-2-3-14-4-7-17(8-5-14)25-12-15(10-21(25)27)22(28)23-16-6-9-19-18(11-16)24-20(26)13-29-19/h4-9,11,15H,2-3,10,12-13H2,1H3,(H,23,28)(H,24,26). The van der Waals surface area contributed by atoms with Crippen LogP contribution in [0.5, 0.6) is 5.75 Å². The van der Waals surface area contributed by atoms with Crippen molar-refractivity contribution in [3.05, 3.63) is 48.0 Å². The van der Waals surface area contributed by atoms with E-state index >= 15 is 0 Å². The van der Waals surface area contributed by atoms with E-state index in [1.165, 1.54) is 5.56 Å². The van der Waals surface area contributed by atoms with Gasteiger partial charge < -0.3 is 20.3 Å². The molecule has 2 N–H and O–H groups in total. The molecule has 1 unspecified atom stereocenters. The van der Waals surface area contributed by atoms with Crippen LogP contribution in [0.3, 0.4) is 0 Å². The summed E-state index contributed by atoms with van der Waals surface area (Å²) in [5.74, 6) is -0.370. The van der Waals surface area contributed by atoms with Crippen LogP contribution in [0.2, 0.25) is 0 Å². The van der Waals surface area contributed by atoms with E-state index in [1.54, 1.807) is 23.1 Å². The third kappa shape index (κ3) is 4.08. The van der Waals surface area contributed by atoms with Gasteiger partial charge in [-0.05, 0) is 42.3 Å². The van der Waals surface area contributed by atoms with Gasteiger partial charge in [0.2, 0.25) is 11.8 Å². The third-order valence-corrected chi connectivity index (χ3v) is 5.16. The lowest BCUT2D eigenvalue weighted by atomic mass is 10.1. The van der Waals surface area contributed by atoms with Gasteiger partial charge in [-0.15, -0.1) is 0 Å². The fourth-order valence-electron chi connectivity index (χ4n) is 3.67.